The molecular weight excluding hydrogens is 477 g/mol. The van der Waals surface area contributed by atoms with Crippen LogP contribution in [-0.2, 0) is 11.2 Å². The number of hydrogen-bond donors (Lipinski definition) is 3. The van der Waals surface area contributed by atoms with E-state index in [4.69, 9.17) is 11.5 Å². The van der Waals surface area contributed by atoms with Gasteiger partial charge in [-0.15, -0.1) is 0 Å². The van der Waals surface area contributed by atoms with Crippen LogP contribution in [0.15, 0.2) is 52.8 Å². The minimum Gasteiger partial charge on any atom is -0.381 e. The van der Waals surface area contributed by atoms with E-state index < -0.39 is 5.82 Å². The Morgan fingerprint density at radius 3 is 2.75 bits per heavy atom. The molecule has 184 valence electrons. The number of pyridine rings is 1. The van der Waals surface area contributed by atoms with Crippen molar-refractivity contribution in [3.63, 3.8) is 0 Å². The molecule has 1 saturated heterocycles. The Labute approximate surface area is 213 Å². The number of nitrogens with zero attached hydrogens (tertiary/aromatic N) is 4. The van der Waals surface area contributed by atoms with E-state index in [1.807, 2.05) is 12.1 Å². The van der Waals surface area contributed by atoms with E-state index in [-0.39, 0.29) is 23.2 Å². The van der Waals surface area contributed by atoms with Crippen molar-refractivity contribution in [2.45, 2.75) is 35.2 Å². The lowest BCUT2D eigenvalue weighted by Gasteiger charge is -2.42. The van der Waals surface area contributed by atoms with E-state index in [2.05, 4.69) is 43.1 Å². The van der Waals surface area contributed by atoms with E-state index in [0.29, 0.717) is 9.92 Å². The van der Waals surface area contributed by atoms with Gasteiger partial charge >= 0.3 is 0 Å². The first-order chi connectivity index (χ1) is 17.4. The molecule has 1 aliphatic heterocycles. The molecule has 5 N–H and O–H groups in total. The number of anilines is 2. The van der Waals surface area contributed by atoms with Crippen LogP contribution in [0.4, 0.5) is 16.0 Å². The Hall–Kier alpha value is -3.68. The molecule has 36 heavy (non-hydrogen) atoms. The van der Waals surface area contributed by atoms with Crippen LogP contribution in [0.2, 0.25) is 0 Å². The number of fused-ring (bicyclic) bond motifs is 1. The Balaban J connectivity index is 1.24. The van der Waals surface area contributed by atoms with Crippen LogP contribution >= 0.6 is 11.8 Å². The third-order valence-corrected chi connectivity index (χ3v) is 7.98. The lowest BCUT2D eigenvalue weighted by Crippen LogP contribution is -2.44. The zero-order valence-corrected chi connectivity index (χ0v) is 20.6. The molecule has 1 aromatic carbocycles. The highest BCUT2D eigenvalue weighted by Crippen LogP contribution is 2.51. The summed E-state index contributed by atoms with van der Waals surface area (Å²) in [7, 11) is 1.56. The van der Waals surface area contributed by atoms with E-state index in [1.54, 1.807) is 25.5 Å². The van der Waals surface area contributed by atoms with Crippen LogP contribution < -0.4 is 21.7 Å². The summed E-state index contributed by atoms with van der Waals surface area (Å²) in [6, 6.07) is 7.56. The number of benzene rings is 1. The summed E-state index contributed by atoms with van der Waals surface area (Å²) < 4.78 is 14.1. The van der Waals surface area contributed by atoms with Crippen molar-refractivity contribution in [1.29, 1.82) is 0 Å². The zero-order chi connectivity index (χ0) is 25.3. The van der Waals surface area contributed by atoms with Gasteiger partial charge in [0.25, 0.3) is 5.91 Å². The van der Waals surface area contributed by atoms with E-state index in [9.17, 15) is 9.18 Å². The van der Waals surface area contributed by atoms with Gasteiger partial charge in [-0.3, -0.25) is 4.79 Å². The summed E-state index contributed by atoms with van der Waals surface area (Å²) in [5.74, 6) is 5.30. The van der Waals surface area contributed by atoms with Crippen LogP contribution in [0.1, 0.15) is 35.6 Å². The Morgan fingerprint density at radius 1 is 1.22 bits per heavy atom. The summed E-state index contributed by atoms with van der Waals surface area (Å²) in [5.41, 5.74) is 15.5. The van der Waals surface area contributed by atoms with Gasteiger partial charge in [-0.25, -0.2) is 19.3 Å². The van der Waals surface area contributed by atoms with Crippen LogP contribution in [0, 0.1) is 23.1 Å². The number of rotatable bonds is 3. The normalized spacial score (nSPS) is 17.9. The summed E-state index contributed by atoms with van der Waals surface area (Å²) in [5, 5.41) is 3.09. The Morgan fingerprint density at radius 2 is 2.03 bits per heavy atom. The number of piperidine rings is 1. The second-order valence-electron chi connectivity index (χ2n) is 9.07. The highest BCUT2D eigenvalue weighted by atomic mass is 32.2. The maximum atomic E-state index is 14.1. The van der Waals surface area contributed by atoms with E-state index in [0.717, 1.165) is 61.1 Å². The first-order valence-electron chi connectivity index (χ1n) is 11.7. The smallest absolute Gasteiger partial charge is 0.295 e. The largest absolute Gasteiger partial charge is 0.381 e. The van der Waals surface area contributed by atoms with Gasteiger partial charge < -0.3 is 21.7 Å². The molecule has 5 rings (SSSR count). The predicted molar refractivity (Wildman–Crippen MR) is 137 cm³/mol. The fraction of sp³-hybridized carbons (Fsp3) is 0.308. The Bertz CT molecular complexity index is 1360. The topological polar surface area (TPSA) is 123 Å². The van der Waals surface area contributed by atoms with Crippen molar-refractivity contribution in [1.82, 2.24) is 20.3 Å². The van der Waals surface area contributed by atoms with Crippen molar-refractivity contribution in [2.24, 2.45) is 11.1 Å². The third-order valence-electron chi connectivity index (χ3n) is 7.02. The van der Waals surface area contributed by atoms with Crippen LogP contribution in [0.25, 0.3) is 0 Å². The molecular formula is C26H26FN7OS. The number of halogens is 1. The second-order valence-corrected chi connectivity index (χ2v) is 10.1. The third kappa shape index (κ3) is 4.59. The van der Waals surface area contributed by atoms with Gasteiger partial charge in [0.15, 0.2) is 11.6 Å². The van der Waals surface area contributed by atoms with Gasteiger partial charge in [0.1, 0.15) is 10.8 Å². The number of aromatic nitrogens is 3. The zero-order valence-electron chi connectivity index (χ0n) is 19.8. The van der Waals surface area contributed by atoms with E-state index >= 15 is 0 Å². The summed E-state index contributed by atoms with van der Waals surface area (Å²) in [4.78, 5) is 26.8. The summed E-state index contributed by atoms with van der Waals surface area (Å²) in [6.45, 7) is 1.64. The number of nitrogens with two attached hydrogens (primary N) is 2. The first-order valence-corrected chi connectivity index (χ1v) is 12.5. The van der Waals surface area contributed by atoms with Gasteiger partial charge in [-0.1, -0.05) is 23.7 Å². The van der Waals surface area contributed by atoms with Gasteiger partial charge in [0.2, 0.25) is 0 Å². The number of carbonyl (C=O) groups excluding carboxylic acids is 1. The van der Waals surface area contributed by atoms with Crippen molar-refractivity contribution in [2.75, 3.05) is 30.8 Å². The van der Waals surface area contributed by atoms with Gasteiger partial charge in [-0.2, -0.15) is 0 Å². The van der Waals surface area contributed by atoms with E-state index in [1.165, 1.54) is 11.8 Å². The van der Waals surface area contributed by atoms with Crippen LogP contribution in [0.5, 0.6) is 0 Å². The SMILES string of the molecule is CNC(=O)C#Cc1ccc2c(c1)[C@@H](N)C1(CCN(c3cnc(Sc4ccnc(N)c4F)cn3)CC1)C2. The van der Waals surface area contributed by atoms with Gasteiger partial charge in [0, 0.05) is 43.9 Å². The molecule has 1 fully saturated rings. The van der Waals surface area contributed by atoms with Crippen LogP contribution in [0.3, 0.4) is 0 Å². The average molecular weight is 504 g/mol. The first kappa shape index (κ1) is 24.0. The number of carbonyl (C=O) groups is 1. The minimum absolute atomic E-state index is 0.00625. The maximum Gasteiger partial charge on any atom is 0.295 e. The highest BCUT2D eigenvalue weighted by Gasteiger charge is 2.46. The quantitative estimate of drug-likeness (QED) is 0.466. The molecule has 0 bridgehead atoms. The summed E-state index contributed by atoms with van der Waals surface area (Å²) >= 11 is 1.16. The van der Waals surface area contributed by atoms with Crippen molar-refractivity contribution < 1.29 is 9.18 Å². The lowest BCUT2D eigenvalue weighted by molar-refractivity contribution is -0.115. The number of hydrogen-bond acceptors (Lipinski definition) is 8. The monoisotopic (exact) mass is 503 g/mol. The molecule has 8 nitrogen and oxygen atoms in total. The van der Waals surface area contributed by atoms with Gasteiger partial charge in [-0.05, 0) is 54.0 Å². The number of nitrogens with one attached hydrogen (secondary N) is 1. The fourth-order valence-corrected chi connectivity index (χ4v) is 5.72. The molecule has 3 aromatic rings. The molecule has 0 unspecified atom stereocenters. The van der Waals surface area contributed by atoms with Crippen molar-refractivity contribution >= 4 is 29.3 Å². The van der Waals surface area contributed by atoms with Gasteiger partial charge in [0.05, 0.1) is 17.3 Å². The van der Waals surface area contributed by atoms with Crippen molar-refractivity contribution in [3.8, 4) is 11.8 Å². The molecule has 10 heteroatoms. The standard InChI is InChI=1S/C26H26FN7OS/c1-30-21(35)5-3-16-2-4-17-13-26(24(28)18(17)12-16)7-10-34(11-8-26)20-14-33-22(15-32-20)36-19-6-9-31-25(29)23(19)27/h2,4,6,9,12,14-15,24H,7-8,10-11,13,28H2,1H3,(H2,29,31)(H,30,35)/t24-/m1/s1. The molecule has 1 aliphatic carbocycles. The highest BCUT2D eigenvalue weighted by molar-refractivity contribution is 7.99. The maximum absolute atomic E-state index is 14.1. The molecule has 2 aliphatic rings. The van der Waals surface area contributed by atoms with Crippen LogP contribution in [-0.4, -0.2) is 41.0 Å². The predicted octanol–water partition coefficient (Wildman–Crippen LogP) is 2.68. The Kier molecular flexibility index (Phi) is 6.51. The fourth-order valence-electron chi connectivity index (χ4n) is 4.96. The minimum atomic E-state index is -0.547. The number of nitrogen functional groups attached to an aromatic ring is 1. The molecule has 1 atom stereocenters. The molecule has 0 saturated carbocycles. The second kappa shape index (κ2) is 9.76. The average Bonchev–Trinajstić information content (AvgIpc) is 3.16. The summed E-state index contributed by atoms with van der Waals surface area (Å²) in [6.07, 6.45) is 7.64. The molecule has 1 amide bonds. The molecule has 0 radical (unpaired) electrons. The lowest BCUT2D eigenvalue weighted by atomic mass is 9.73. The molecule has 2 aromatic heterocycles. The number of amides is 1. The van der Waals surface area contributed by atoms with Crippen molar-refractivity contribution in [3.05, 3.63) is 65.4 Å². The molecule has 3 heterocycles. The molecule has 1 spiro atoms.